The fourth-order valence-corrected chi connectivity index (χ4v) is 4.65. The van der Waals surface area contributed by atoms with Gasteiger partial charge < -0.3 is 20.7 Å². The van der Waals surface area contributed by atoms with Crippen molar-refractivity contribution >= 4 is 61.7 Å². The average molecular weight is 597 g/mol. The van der Waals surface area contributed by atoms with Gasteiger partial charge in [0.25, 0.3) is 0 Å². The minimum absolute atomic E-state index is 0.151. The zero-order valence-electron chi connectivity index (χ0n) is 21.1. The molecule has 0 amide bonds. The molecule has 0 unspecified atom stereocenters. The number of pyridine rings is 1. The summed E-state index contributed by atoms with van der Waals surface area (Å²) in [6.45, 7) is 1.90. The highest BCUT2D eigenvalue weighted by Gasteiger charge is 2.38. The number of alkyl halides is 3. The molecule has 0 bridgehead atoms. The molecule has 0 fully saturated rings. The standard InChI is InChI=1S/C22H22N6O3S2.C2HF3O2/c1-13-8-22(29)28-17-9-14(4-6-16(13)17)26-20-11-21(25-12-24-20)27-18-10-15(33(30,31)23-2)5-7-19(18)32-3;3-2(4,5)1(6)7/h4-12,23H,1-3H3,(H,28,29)(H2,24,25,26,27);(H,6,7). The quantitative estimate of drug-likeness (QED) is 0.193. The molecule has 4 aromatic rings. The molecule has 0 saturated carbocycles. The number of fused-ring (bicyclic) bond motifs is 1. The lowest BCUT2D eigenvalue weighted by atomic mass is 10.1. The first kappa shape index (κ1) is 30.4. The number of hydrogen-bond donors (Lipinski definition) is 5. The summed E-state index contributed by atoms with van der Waals surface area (Å²) in [6.07, 6.45) is -1.77. The molecule has 2 aromatic heterocycles. The highest BCUT2D eigenvalue weighted by Crippen LogP contribution is 2.31. The van der Waals surface area contributed by atoms with Gasteiger partial charge >= 0.3 is 12.1 Å². The molecule has 0 aliphatic heterocycles. The number of aryl methyl sites for hydroxylation is 1. The van der Waals surface area contributed by atoms with Crippen molar-refractivity contribution in [3.05, 3.63) is 70.8 Å². The van der Waals surface area contributed by atoms with Crippen LogP contribution in [-0.4, -0.2) is 53.9 Å². The predicted molar refractivity (Wildman–Crippen MR) is 146 cm³/mol. The number of aliphatic carboxylic acids is 1. The van der Waals surface area contributed by atoms with Crippen molar-refractivity contribution in [2.24, 2.45) is 0 Å². The Labute approximate surface area is 230 Å². The smallest absolute Gasteiger partial charge is 0.475 e. The fourth-order valence-electron chi connectivity index (χ4n) is 3.36. The topological polar surface area (TPSA) is 166 Å². The van der Waals surface area contributed by atoms with Crippen LogP contribution in [0.2, 0.25) is 0 Å². The molecule has 40 heavy (non-hydrogen) atoms. The Balaban J connectivity index is 0.000000559. The lowest BCUT2D eigenvalue weighted by Crippen LogP contribution is -2.21. The number of nitrogens with zero attached hydrogens (tertiary/aromatic N) is 2. The number of H-pyrrole nitrogens is 1. The molecular formula is C24H23F3N6O5S2. The summed E-state index contributed by atoms with van der Waals surface area (Å²) >= 11 is 1.49. The number of anilines is 4. The van der Waals surface area contributed by atoms with Crippen LogP contribution in [0.15, 0.2) is 69.4 Å². The van der Waals surface area contributed by atoms with Crippen LogP contribution in [0.3, 0.4) is 0 Å². The first-order valence-electron chi connectivity index (χ1n) is 11.1. The number of rotatable bonds is 7. The Kier molecular flexibility index (Phi) is 9.39. The average Bonchev–Trinajstić information content (AvgIpc) is 2.88. The Hall–Kier alpha value is -4.15. The highest BCUT2D eigenvalue weighted by molar-refractivity contribution is 7.98. The zero-order chi connectivity index (χ0) is 29.7. The molecule has 2 aromatic carbocycles. The van der Waals surface area contributed by atoms with E-state index in [0.29, 0.717) is 17.3 Å². The van der Waals surface area contributed by atoms with Crippen molar-refractivity contribution in [1.29, 1.82) is 0 Å². The van der Waals surface area contributed by atoms with E-state index in [2.05, 4.69) is 30.3 Å². The number of carboxylic acid groups (broad SMARTS) is 1. The van der Waals surface area contributed by atoms with Crippen LogP contribution in [0.4, 0.5) is 36.2 Å². The van der Waals surface area contributed by atoms with Gasteiger partial charge in [0.2, 0.25) is 15.6 Å². The first-order chi connectivity index (χ1) is 18.7. The van der Waals surface area contributed by atoms with Crippen molar-refractivity contribution in [1.82, 2.24) is 19.7 Å². The van der Waals surface area contributed by atoms with Gasteiger partial charge in [-0.1, -0.05) is 6.07 Å². The summed E-state index contributed by atoms with van der Waals surface area (Å²) in [4.78, 5) is 33.1. The molecule has 0 aliphatic carbocycles. The molecule has 5 N–H and O–H groups in total. The summed E-state index contributed by atoms with van der Waals surface area (Å²) in [5.41, 5.74) is 2.84. The second-order valence-corrected chi connectivity index (χ2v) is 10.7. The van der Waals surface area contributed by atoms with Crippen LogP contribution in [0.1, 0.15) is 5.56 Å². The third-order valence-electron chi connectivity index (χ3n) is 5.24. The molecule has 0 aliphatic rings. The number of aromatic amines is 1. The molecule has 16 heteroatoms. The van der Waals surface area contributed by atoms with Crippen LogP contribution in [0.25, 0.3) is 10.9 Å². The third-order valence-corrected chi connectivity index (χ3v) is 7.45. The van der Waals surface area contributed by atoms with Gasteiger partial charge in [-0.3, -0.25) is 4.79 Å². The molecule has 0 spiro atoms. The zero-order valence-corrected chi connectivity index (χ0v) is 22.8. The van der Waals surface area contributed by atoms with Crippen LogP contribution in [0, 0.1) is 6.92 Å². The number of aromatic nitrogens is 3. The lowest BCUT2D eigenvalue weighted by Gasteiger charge is -2.13. The van der Waals surface area contributed by atoms with Gasteiger partial charge in [-0.25, -0.2) is 27.9 Å². The van der Waals surface area contributed by atoms with E-state index >= 15 is 0 Å². The van der Waals surface area contributed by atoms with Crippen molar-refractivity contribution < 1.29 is 31.5 Å². The van der Waals surface area contributed by atoms with Gasteiger partial charge in [0.15, 0.2) is 0 Å². The van der Waals surface area contributed by atoms with Crippen LogP contribution >= 0.6 is 11.8 Å². The van der Waals surface area contributed by atoms with E-state index in [-0.39, 0.29) is 10.5 Å². The van der Waals surface area contributed by atoms with Crippen LogP contribution in [-0.2, 0) is 14.8 Å². The van der Waals surface area contributed by atoms with E-state index in [4.69, 9.17) is 9.90 Å². The van der Waals surface area contributed by atoms with Gasteiger partial charge in [-0.15, -0.1) is 11.8 Å². The van der Waals surface area contributed by atoms with Crippen LogP contribution in [0.5, 0.6) is 0 Å². The number of sulfonamides is 1. The molecule has 11 nitrogen and oxygen atoms in total. The minimum atomic E-state index is -5.08. The molecule has 0 saturated heterocycles. The van der Waals surface area contributed by atoms with Crippen molar-refractivity contribution in [2.75, 3.05) is 23.9 Å². The van der Waals surface area contributed by atoms with Gasteiger partial charge in [0.1, 0.15) is 18.0 Å². The third kappa shape index (κ3) is 7.71. The molecule has 212 valence electrons. The Morgan fingerprint density at radius 2 is 1.68 bits per heavy atom. The van der Waals surface area contributed by atoms with E-state index in [1.54, 1.807) is 30.3 Å². The Morgan fingerprint density at radius 1 is 1.02 bits per heavy atom. The maximum Gasteiger partial charge on any atom is 0.490 e. The van der Waals surface area contributed by atoms with Crippen LogP contribution < -0.4 is 20.9 Å². The number of hydrogen-bond acceptors (Lipinski definition) is 9. The Morgan fingerprint density at radius 3 is 2.27 bits per heavy atom. The normalized spacial score (nSPS) is 11.4. The number of halogens is 3. The summed E-state index contributed by atoms with van der Waals surface area (Å²) in [5, 5.41) is 14.5. The van der Waals surface area contributed by atoms with E-state index in [1.807, 2.05) is 31.4 Å². The van der Waals surface area contributed by atoms with Crippen molar-refractivity contribution in [3.8, 4) is 0 Å². The van der Waals surface area contributed by atoms with E-state index < -0.39 is 22.2 Å². The van der Waals surface area contributed by atoms with Gasteiger partial charge in [-0.05, 0) is 56.1 Å². The summed E-state index contributed by atoms with van der Waals surface area (Å²) in [7, 11) is -2.21. The van der Waals surface area contributed by atoms with E-state index in [1.165, 1.54) is 25.1 Å². The monoisotopic (exact) mass is 596 g/mol. The number of nitrogens with one attached hydrogen (secondary N) is 4. The number of carboxylic acids is 1. The van der Waals surface area contributed by atoms with Gasteiger partial charge in [0.05, 0.1) is 16.1 Å². The number of thioether (sulfide) groups is 1. The fraction of sp³-hybridized carbons (Fsp3) is 0.167. The molecular weight excluding hydrogens is 573 g/mol. The molecule has 4 rings (SSSR count). The maximum atomic E-state index is 12.2. The van der Waals surface area contributed by atoms with Gasteiger partial charge in [0, 0.05) is 28.1 Å². The first-order valence-corrected chi connectivity index (χ1v) is 13.9. The predicted octanol–water partition coefficient (Wildman–Crippen LogP) is 4.38. The second kappa shape index (κ2) is 12.4. The summed E-state index contributed by atoms with van der Waals surface area (Å²) in [5.74, 6) is -1.73. The highest BCUT2D eigenvalue weighted by atomic mass is 32.2. The van der Waals surface area contributed by atoms with E-state index in [9.17, 15) is 26.4 Å². The lowest BCUT2D eigenvalue weighted by molar-refractivity contribution is -0.192. The molecule has 0 radical (unpaired) electrons. The number of carbonyl (C=O) groups is 1. The second-order valence-electron chi connectivity index (χ2n) is 7.99. The number of benzene rings is 2. The largest absolute Gasteiger partial charge is 0.490 e. The van der Waals surface area contributed by atoms with Crippen molar-refractivity contribution in [3.63, 3.8) is 0 Å². The SMILES string of the molecule is CNS(=O)(=O)c1ccc(SC)c(Nc2cc(Nc3ccc4c(C)cc(=O)[nH]c4c3)ncn2)c1.O=C(O)C(F)(F)F. The maximum absolute atomic E-state index is 12.2. The van der Waals surface area contributed by atoms with Gasteiger partial charge in [-0.2, -0.15) is 13.2 Å². The van der Waals surface area contributed by atoms with Crippen molar-refractivity contribution in [2.45, 2.75) is 22.9 Å². The van der Waals surface area contributed by atoms with E-state index in [0.717, 1.165) is 27.0 Å². The molecule has 0 atom stereocenters. The molecule has 2 heterocycles. The summed E-state index contributed by atoms with van der Waals surface area (Å²) in [6, 6.07) is 13.8. The minimum Gasteiger partial charge on any atom is -0.475 e. The summed E-state index contributed by atoms with van der Waals surface area (Å²) < 4.78 is 58.4. The Bertz CT molecular complexity index is 1710.